The number of benzene rings is 3. The fourth-order valence-corrected chi connectivity index (χ4v) is 7.75. The second-order valence-electron chi connectivity index (χ2n) is 12.0. The lowest BCUT2D eigenvalue weighted by molar-refractivity contribution is -0.148. The number of hydrogen-bond acceptors (Lipinski definition) is 6. The molecule has 0 spiro atoms. The third-order valence-corrected chi connectivity index (χ3v) is 10.8. The minimum absolute atomic E-state index is 0.0414. The molecular formula is C33H35F4N5O5S. The third-order valence-electron chi connectivity index (χ3n) is 9.08. The molecule has 4 N–H and O–H groups in total. The third kappa shape index (κ3) is 6.61. The fraction of sp³-hybridized carbons (Fsp3) is 0.364. The Balaban J connectivity index is 1.38. The van der Waals surface area contributed by atoms with Crippen LogP contribution < -0.4 is 15.4 Å². The van der Waals surface area contributed by atoms with E-state index in [1.807, 2.05) is 18.5 Å². The number of amides is 1. The number of imidazole rings is 1. The predicted octanol–water partition coefficient (Wildman–Crippen LogP) is 5.59. The zero-order valence-corrected chi connectivity index (χ0v) is 27.2. The molecule has 4 aromatic rings. The first-order chi connectivity index (χ1) is 22.5. The summed E-state index contributed by atoms with van der Waals surface area (Å²) in [5, 5.41) is 12.5. The molecule has 10 nitrogen and oxygen atoms in total. The molecule has 1 amide bonds. The van der Waals surface area contributed by atoms with Crippen LogP contribution in [0.3, 0.4) is 0 Å². The van der Waals surface area contributed by atoms with Gasteiger partial charge in [-0.05, 0) is 92.2 Å². The van der Waals surface area contributed by atoms with Crippen LogP contribution in [-0.2, 0) is 39.3 Å². The van der Waals surface area contributed by atoms with Gasteiger partial charge in [-0.2, -0.15) is 13.2 Å². The largest absolute Gasteiger partial charge is 0.481 e. The zero-order valence-electron chi connectivity index (χ0n) is 26.4. The molecule has 1 aromatic heterocycles. The van der Waals surface area contributed by atoms with Gasteiger partial charge in [0, 0.05) is 14.1 Å². The molecule has 0 aliphatic heterocycles. The number of aryl methyl sites for hydroxylation is 2. The lowest BCUT2D eigenvalue weighted by Gasteiger charge is -2.35. The smallest absolute Gasteiger partial charge is 0.416 e. The van der Waals surface area contributed by atoms with Crippen LogP contribution in [0.1, 0.15) is 47.7 Å². The lowest BCUT2D eigenvalue weighted by Crippen LogP contribution is -2.40. The van der Waals surface area contributed by atoms with Crippen LogP contribution in [0.15, 0.2) is 59.5 Å². The van der Waals surface area contributed by atoms with Gasteiger partial charge in [0.25, 0.3) is 10.0 Å². The van der Waals surface area contributed by atoms with Crippen molar-refractivity contribution < 1.29 is 40.7 Å². The zero-order chi connectivity index (χ0) is 35.1. The number of halogens is 4. The van der Waals surface area contributed by atoms with E-state index < -0.39 is 62.9 Å². The number of carbonyl (C=O) groups excluding carboxylic acids is 1. The molecule has 5 rings (SSSR count). The van der Waals surface area contributed by atoms with Crippen molar-refractivity contribution >= 4 is 44.3 Å². The standard InChI is InChI=1S/C33H35F4N5O5S/c1-18-39-28-17-23(15-20(13-14-38)30(28)41(18)2)48(46,47)42(3)22-10-7-19(8-11-22)24-5-4-6-25(29(24)32(44)45)31(43)40-27-12-9-21(16-26(27)34)33(35,36)37/h7-12,15-17,24-25,29H,4-6,13-14,38H2,1-3H3,(H,40,43)(H,44,45)/t24-,25-,29-/m1/s1. The first kappa shape index (κ1) is 34.8. The van der Waals surface area contributed by atoms with Gasteiger partial charge in [0.05, 0.1) is 44.7 Å². The molecule has 1 aliphatic rings. The summed E-state index contributed by atoms with van der Waals surface area (Å²) in [5.74, 6) is -5.62. The maximum atomic E-state index is 14.5. The number of anilines is 2. The number of alkyl halides is 3. The second-order valence-corrected chi connectivity index (χ2v) is 13.9. The summed E-state index contributed by atoms with van der Waals surface area (Å²) in [6, 6.07) is 11.1. The normalized spacial score (nSPS) is 18.5. The van der Waals surface area contributed by atoms with E-state index in [2.05, 4.69) is 10.3 Å². The quantitative estimate of drug-likeness (QED) is 0.194. The highest BCUT2D eigenvalue weighted by Gasteiger charge is 2.43. The van der Waals surface area contributed by atoms with Crippen LogP contribution in [0.4, 0.5) is 28.9 Å². The molecule has 1 heterocycles. The van der Waals surface area contributed by atoms with E-state index >= 15 is 0 Å². The summed E-state index contributed by atoms with van der Waals surface area (Å²) in [5.41, 5.74) is 7.06. The Bertz CT molecular complexity index is 1980. The Labute approximate surface area is 274 Å². The van der Waals surface area contributed by atoms with Gasteiger partial charge in [0.2, 0.25) is 5.91 Å². The highest BCUT2D eigenvalue weighted by Crippen LogP contribution is 2.43. The van der Waals surface area contributed by atoms with Crippen LogP contribution in [0, 0.1) is 24.6 Å². The number of carboxylic acid groups (broad SMARTS) is 1. The number of aliphatic carboxylic acids is 1. The monoisotopic (exact) mass is 689 g/mol. The highest BCUT2D eigenvalue weighted by atomic mass is 32.2. The van der Waals surface area contributed by atoms with Gasteiger partial charge in [0.1, 0.15) is 11.6 Å². The summed E-state index contributed by atoms with van der Waals surface area (Å²) < 4.78 is 83.8. The Morgan fingerprint density at radius 1 is 1.10 bits per heavy atom. The van der Waals surface area contributed by atoms with Crippen LogP contribution in [0.5, 0.6) is 0 Å². The topological polar surface area (TPSA) is 148 Å². The van der Waals surface area contributed by atoms with Crippen molar-refractivity contribution in [1.29, 1.82) is 0 Å². The summed E-state index contributed by atoms with van der Waals surface area (Å²) >= 11 is 0. The number of hydrogen-bond donors (Lipinski definition) is 3. The minimum Gasteiger partial charge on any atom is -0.481 e. The van der Waals surface area contributed by atoms with Gasteiger partial charge >= 0.3 is 12.1 Å². The molecule has 3 atom stereocenters. The molecule has 0 radical (unpaired) electrons. The van der Waals surface area contributed by atoms with Gasteiger partial charge in [0.15, 0.2) is 0 Å². The molecule has 1 saturated carbocycles. The molecule has 0 bridgehead atoms. The van der Waals surface area contributed by atoms with Crippen molar-refractivity contribution in [2.75, 3.05) is 23.2 Å². The van der Waals surface area contributed by atoms with Gasteiger partial charge in [-0.25, -0.2) is 17.8 Å². The summed E-state index contributed by atoms with van der Waals surface area (Å²) in [6.45, 7) is 2.14. The number of sulfonamides is 1. The average molecular weight is 690 g/mol. The molecule has 48 heavy (non-hydrogen) atoms. The highest BCUT2D eigenvalue weighted by molar-refractivity contribution is 7.92. The first-order valence-electron chi connectivity index (χ1n) is 15.2. The second kappa shape index (κ2) is 13.2. The predicted molar refractivity (Wildman–Crippen MR) is 171 cm³/mol. The van der Waals surface area contributed by atoms with Crippen LogP contribution in [-0.4, -0.2) is 48.5 Å². The number of aromatic nitrogens is 2. The first-order valence-corrected chi connectivity index (χ1v) is 16.6. The number of nitrogens with one attached hydrogen (secondary N) is 1. The molecule has 1 aliphatic carbocycles. The van der Waals surface area contributed by atoms with E-state index in [1.54, 1.807) is 30.3 Å². The van der Waals surface area contributed by atoms with E-state index in [1.165, 1.54) is 13.1 Å². The van der Waals surface area contributed by atoms with E-state index in [9.17, 15) is 40.7 Å². The van der Waals surface area contributed by atoms with Crippen LogP contribution in [0.2, 0.25) is 0 Å². The molecule has 256 valence electrons. The molecular weight excluding hydrogens is 654 g/mol. The van der Waals surface area contributed by atoms with Crippen molar-refractivity contribution in [1.82, 2.24) is 9.55 Å². The number of carboxylic acids is 1. The summed E-state index contributed by atoms with van der Waals surface area (Å²) in [7, 11) is -0.797. The number of rotatable bonds is 9. The molecule has 1 fully saturated rings. The van der Waals surface area contributed by atoms with Crippen molar-refractivity contribution in [2.24, 2.45) is 24.6 Å². The van der Waals surface area contributed by atoms with E-state index in [0.717, 1.165) is 27.3 Å². The Morgan fingerprint density at radius 2 is 1.79 bits per heavy atom. The minimum atomic E-state index is -4.77. The van der Waals surface area contributed by atoms with E-state index in [-0.39, 0.29) is 17.4 Å². The average Bonchev–Trinajstić information content (AvgIpc) is 3.33. The van der Waals surface area contributed by atoms with Gasteiger partial charge < -0.3 is 20.7 Å². The molecule has 0 unspecified atom stereocenters. The summed E-state index contributed by atoms with van der Waals surface area (Å²) in [6.07, 6.45) is -3.28. The molecule has 3 aromatic carbocycles. The van der Waals surface area contributed by atoms with Crippen molar-refractivity contribution in [2.45, 2.75) is 49.6 Å². The number of nitrogens with zero attached hydrogens (tertiary/aromatic N) is 3. The Kier molecular flexibility index (Phi) is 9.57. The number of nitrogens with two attached hydrogens (primary N) is 1. The molecule has 0 saturated heterocycles. The van der Waals surface area contributed by atoms with Gasteiger partial charge in [-0.3, -0.25) is 13.9 Å². The number of carbonyl (C=O) groups is 2. The van der Waals surface area contributed by atoms with Gasteiger partial charge in [-0.1, -0.05) is 18.6 Å². The van der Waals surface area contributed by atoms with Crippen LogP contribution in [0.25, 0.3) is 11.0 Å². The van der Waals surface area contributed by atoms with Crippen molar-refractivity contribution in [3.05, 3.63) is 82.9 Å². The lowest BCUT2D eigenvalue weighted by atomic mass is 9.69. The molecule has 15 heteroatoms. The Morgan fingerprint density at radius 3 is 2.40 bits per heavy atom. The maximum absolute atomic E-state index is 14.5. The maximum Gasteiger partial charge on any atom is 0.416 e. The SMILES string of the molecule is Cc1nc2cc(S(=O)(=O)N(C)c3ccc([C@H]4CCC[C@@H](C(=O)Nc5ccc(C(F)(F)F)cc5F)[C@@H]4C(=O)O)cc3)cc(CCN)c2n1C. The number of fused-ring (bicyclic) bond motifs is 1. The van der Waals surface area contributed by atoms with Gasteiger partial charge in [-0.15, -0.1) is 0 Å². The van der Waals surface area contributed by atoms with Crippen molar-refractivity contribution in [3.8, 4) is 0 Å². The Hall–Kier alpha value is -4.50. The van der Waals surface area contributed by atoms with Crippen LogP contribution >= 0.6 is 0 Å². The summed E-state index contributed by atoms with van der Waals surface area (Å²) in [4.78, 5) is 30.2. The van der Waals surface area contributed by atoms with E-state index in [4.69, 9.17) is 5.73 Å². The fourth-order valence-electron chi connectivity index (χ4n) is 6.48. The van der Waals surface area contributed by atoms with Crippen molar-refractivity contribution in [3.63, 3.8) is 0 Å². The van der Waals surface area contributed by atoms with E-state index in [0.29, 0.717) is 48.6 Å².